The lowest BCUT2D eigenvalue weighted by Gasteiger charge is -2.20. The minimum atomic E-state index is -2.70. The molecule has 1 atom stereocenters. The topological polar surface area (TPSA) is 101 Å². The molecule has 1 heterocycles. The Morgan fingerprint density at radius 3 is 2.46 bits per heavy atom. The molecule has 1 amide bonds. The van der Waals surface area contributed by atoms with Crippen molar-refractivity contribution < 1.29 is 19.4 Å². The SMILES string of the molecule is O=C(Nc1cccc(Cl)c1)c1cccc([P+](=O)[O-])c1.OC1CNC1. The summed E-state index contributed by atoms with van der Waals surface area (Å²) >= 11 is 5.81. The van der Waals surface area contributed by atoms with Gasteiger partial charge in [0, 0.05) is 35.4 Å². The molecular weight excluding hydrogens is 351 g/mol. The lowest BCUT2D eigenvalue weighted by Crippen LogP contribution is -2.46. The van der Waals surface area contributed by atoms with Crippen LogP contribution in [0.3, 0.4) is 0 Å². The van der Waals surface area contributed by atoms with Crippen LogP contribution in [-0.4, -0.2) is 30.2 Å². The Hall–Kier alpha value is -1.82. The highest BCUT2D eigenvalue weighted by Gasteiger charge is 2.12. The number of nitrogens with one attached hydrogen (secondary N) is 2. The summed E-state index contributed by atoms with van der Waals surface area (Å²) in [6.07, 6.45) is -0.0463. The first-order valence-electron chi connectivity index (χ1n) is 7.16. The summed E-state index contributed by atoms with van der Waals surface area (Å²) in [6, 6.07) is 12.5. The van der Waals surface area contributed by atoms with Crippen molar-refractivity contribution in [3.63, 3.8) is 0 Å². The van der Waals surface area contributed by atoms with Gasteiger partial charge in [0.05, 0.1) is 6.10 Å². The largest absolute Gasteiger partial charge is 0.591 e. The number of aliphatic hydroxyl groups is 1. The summed E-state index contributed by atoms with van der Waals surface area (Å²) < 4.78 is 10.9. The third kappa shape index (κ3) is 5.67. The van der Waals surface area contributed by atoms with Gasteiger partial charge in [-0.05, 0) is 30.3 Å². The highest BCUT2D eigenvalue weighted by Crippen LogP contribution is 2.16. The molecule has 1 aliphatic heterocycles. The van der Waals surface area contributed by atoms with Crippen LogP contribution in [0.25, 0.3) is 0 Å². The minimum absolute atomic E-state index is 0.0463. The molecule has 126 valence electrons. The minimum Gasteiger partial charge on any atom is -0.591 e. The zero-order valence-electron chi connectivity index (χ0n) is 12.6. The van der Waals surface area contributed by atoms with E-state index in [1.54, 1.807) is 30.3 Å². The summed E-state index contributed by atoms with van der Waals surface area (Å²) in [6.45, 7) is 1.58. The average molecular weight is 367 g/mol. The van der Waals surface area contributed by atoms with E-state index in [1.165, 1.54) is 18.2 Å². The molecule has 2 aromatic rings. The second kappa shape index (κ2) is 8.87. The Balaban J connectivity index is 0.000000355. The van der Waals surface area contributed by atoms with Gasteiger partial charge in [0.25, 0.3) is 5.91 Å². The van der Waals surface area contributed by atoms with Crippen molar-refractivity contribution >= 4 is 36.5 Å². The Kier molecular flexibility index (Phi) is 6.85. The maximum Gasteiger partial charge on any atom is 0.348 e. The van der Waals surface area contributed by atoms with Gasteiger partial charge in [0.2, 0.25) is 0 Å². The Morgan fingerprint density at radius 1 is 1.25 bits per heavy atom. The fourth-order valence-corrected chi connectivity index (χ4v) is 2.45. The molecule has 1 saturated heterocycles. The van der Waals surface area contributed by atoms with Gasteiger partial charge in [-0.1, -0.05) is 28.3 Å². The molecule has 1 aliphatic rings. The number of rotatable bonds is 3. The van der Waals surface area contributed by atoms with Gasteiger partial charge < -0.3 is 20.6 Å². The number of hydrogen-bond donors (Lipinski definition) is 3. The first-order valence-corrected chi connectivity index (χ1v) is 8.71. The second-order valence-corrected chi connectivity index (χ2v) is 6.55. The van der Waals surface area contributed by atoms with E-state index < -0.39 is 8.03 Å². The number of amides is 1. The smallest absolute Gasteiger partial charge is 0.348 e. The zero-order chi connectivity index (χ0) is 17.5. The molecule has 1 fully saturated rings. The second-order valence-electron chi connectivity index (χ2n) is 5.08. The Bertz CT molecular complexity index is 738. The number of carbonyl (C=O) groups is 1. The molecule has 3 N–H and O–H groups in total. The van der Waals surface area contributed by atoms with Gasteiger partial charge in [0.15, 0.2) is 5.30 Å². The van der Waals surface area contributed by atoms with E-state index in [1.807, 2.05) is 0 Å². The van der Waals surface area contributed by atoms with Crippen molar-refractivity contribution in [2.45, 2.75) is 6.10 Å². The predicted octanol–water partition coefficient (Wildman–Crippen LogP) is 1.27. The molecule has 6 nitrogen and oxygen atoms in total. The molecule has 0 spiro atoms. The molecule has 0 aliphatic carbocycles. The summed E-state index contributed by atoms with van der Waals surface area (Å²) in [5.41, 5.74) is 0.825. The molecule has 1 unspecified atom stereocenters. The number of halogens is 1. The lowest BCUT2D eigenvalue weighted by atomic mass is 10.2. The monoisotopic (exact) mass is 366 g/mol. The Morgan fingerprint density at radius 2 is 1.92 bits per heavy atom. The predicted molar refractivity (Wildman–Crippen MR) is 92.0 cm³/mol. The van der Waals surface area contributed by atoms with Crippen LogP contribution in [0.15, 0.2) is 48.5 Å². The number of carbonyl (C=O) groups excluding carboxylic acids is 1. The lowest BCUT2D eigenvalue weighted by molar-refractivity contribution is -0.160. The van der Waals surface area contributed by atoms with Crippen molar-refractivity contribution in [1.29, 1.82) is 0 Å². The molecule has 8 heteroatoms. The average Bonchev–Trinajstić information content (AvgIpc) is 2.53. The number of β-amino-alcohol motifs (C(OH)–C–C–N with tert-alkyl or cyclic N) is 1. The molecule has 0 bridgehead atoms. The maximum absolute atomic E-state index is 11.9. The number of aliphatic hydroxyl groups excluding tert-OH is 1. The van der Waals surface area contributed by atoms with Gasteiger partial charge in [-0.2, -0.15) is 0 Å². The number of anilines is 1. The van der Waals surface area contributed by atoms with Crippen LogP contribution in [0.5, 0.6) is 0 Å². The molecule has 3 rings (SSSR count). The number of benzene rings is 2. The number of hydrogen-bond acceptors (Lipinski definition) is 5. The van der Waals surface area contributed by atoms with Crippen LogP contribution in [-0.2, 0) is 4.57 Å². The maximum atomic E-state index is 11.9. The van der Waals surface area contributed by atoms with Gasteiger partial charge in [0.1, 0.15) is 0 Å². The van der Waals surface area contributed by atoms with E-state index in [0.717, 1.165) is 13.1 Å². The third-order valence-electron chi connectivity index (χ3n) is 3.16. The summed E-state index contributed by atoms with van der Waals surface area (Å²) in [7, 11) is -2.70. The summed E-state index contributed by atoms with van der Waals surface area (Å²) in [4.78, 5) is 22.8. The van der Waals surface area contributed by atoms with E-state index in [9.17, 15) is 14.3 Å². The fourth-order valence-electron chi connectivity index (χ4n) is 1.80. The highest BCUT2D eigenvalue weighted by atomic mass is 35.5. The Labute approximate surface area is 145 Å². The molecule has 0 radical (unpaired) electrons. The van der Waals surface area contributed by atoms with E-state index in [-0.39, 0.29) is 22.9 Å². The van der Waals surface area contributed by atoms with E-state index in [4.69, 9.17) is 16.7 Å². The van der Waals surface area contributed by atoms with Crippen molar-refractivity contribution in [3.8, 4) is 0 Å². The van der Waals surface area contributed by atoms with Crippen LogP contribution < -0.4 is 20.8 Å². The zero-order valence-corrected chi connectivity index (χ0v) is 14.3. The standard InChI is InChI=1S/C13H9ClNO3P.C3H7NO/c14-10-4-2-5-11(8-10)15-13(16)9-3-1-6-12(7-9)19(17)18;5-3-1-4-2-3/h1-8H,(H,15,16);3-5H,1-2H2. The molecule has 0 saturated carbocycles. The van der Waals surface area contributed by atoms with Crippen molar-refractivity contribution in [1.82, 2.24) is 5.32 Å². The van der Waals surface area contributed by atoms with Crippen LogP contribution >= 0.6 is 19.6 Å². The van der Waals surface area contributed by atoms with Crippen molar-refractivity contribution in [2.24, 2.45) is 0 Å². The van der Waals surface area contributed by atoms with Crippen LogP contribution in [0.1, 0.15) is 10.4 Å². The van der Waals surface area contributed by atoms with Gasteiger partial charge in [-0.25, -0.2) is 0 Å². The molecule has 2 aromatic carbocycles. The molecular formula is C16H16ClN2O4P. The van der Waals surface area contributed by atoms with Crippen LogP contribution in [0.4, 0.5) is 5.69 Å². The van der Waals surface area contributed by atoms with E-state index in [2.05, 4.69) is 10.6 Å². The highest BCUT2D eigenvalue weighted by molar-refractivity contribution is 7.45. The van der Waals surface area contributed by atoms with Gasteiger partial charge >= 0.3 is 8.03 Å². The summed E-state index contributed by atoms with van der Waals surface area (Å²) in [5, 5.41) is 14.6. The van der Waals surface area contributed by atoms with Gasteiger partial charge in [-0.15, -0.1) is 0 Å². The first-order chi connectivity index (χ1) is 11.5. The van der Waals surface area contributed by atoms with Crippen molar-refractivity contribution in [3.05, 3.63) is 59.1 Å². The van der Waals surface area contributed by atoms with Crippen LogP contribution in [0, 0.1) is 0 Å². The van der Waals surface area contributed by atoms with Crippen LogP contribution in [0.2, 0.25) is 5.02 Å². The first kappa shape index (κ1) is 18.5. The molecule has 0 aromatic heterocycles. The van der Waals surface area contributed by atoms with Crippen molar-refractivity contribution in [2.75, 3.05) is 18.4 Å². The van der Waals surface area contributed by atoms with Gasteiger partial charge in [-0.3, -0.25) is 4.79 Å². The van der Waals surface area contributed by atoms with E-state index in [0.29, 0.717) is 10.7 Å². The molecule has 24 heavy (non-hydrogen) atoms. The quantitative estimate of drug-likeness (QED) is 0.710. The van der Waals surface area contributed by atoms with E-state index >= 15 is 0 Å². The summed E-state index contributed by atoms with van der Waals surface area (Å²) in [5.74, 6) is -0.388. The normalized spacial score (nSPS) is 14.0. The third-order valence-corrected chi connectivity index (χ3v) is 4.10. The fraction of sp³-hybridized carbons (Fsp3) is 0.188.